The molecule has 0 aliphatic rings. The summed E-state index contributed by atoms with van der Waals surface area (Å²) in [4.78, 5) is 11.3. The molecule has 1 aromatic carbocycles. The first-order valence-corrected chi connectivity index (χ1v) is 5.00. The molecule has 1 rings (SSSR count). The van der Waals surface area contributed by atoms with Crippen LogP contribution in [0.5, 0.6) is 5.75 Å². The van der Waals surface area contributed by atoms with Crippen molar-refractivity contribution >= 4 is 23.2 Å². The molecule has 0 aromatic heterocycles. The first-order chi connectivity index (χ1) is 7.13. The van der Waals surface area contributed by atoms with Crippen LogP contribution in [0.15, 0.2) is 18.2 Å². The number of likely N-dealkylation sites (N-methyl/N-ethyl adjacent to an activating group) is 1. The SMILES string of the molecule is CCNCC(=O)Nc1ccc(O)c(Cl)c1. The predicted octanol–water partition coefficient (Wildman–Crippen LogP) is 1.59. The van der Waals surface area contributed by atoms with Gasteiger partial charge >= 0.3 is 0 Å². The number of anilines is 1. The Labute approximate surface area is 93.2 Å². The Morgan fingerprint density at radius 3 is 2.87 bits per heavy atom. The summed E-state index contributed by atoms with van der Waals surface area (Å²) < 4.78 is 0. The molecule has 15 heavy (non-hydrogen) atoms. The first-order valence-electron chi connectivity index (χ1n) is 4.62. The van der Waals surface area contributed by atoms with Gasteiger partial charge in [0, 0.05) is 5.69 Å². The Morgan fingerprint density at radius 2 is 2.27 bits per heavy atom. The number of phenols is 1. The van der Waals surface area contributed by atoms with E-state index in [1.807, 2.05) is 6.92 Å². The van der Waals surface area contributed by atoms with Gasteiger partial charge in [-0.25, -0.2) is 0 Å². The van der Waals surface area contributed by atoms with Gasteiger partial charge in [-0.3, -0.25) is 4.79 Å². The van der Waals surface area contributed by atoms with E-state index in [0.717, 1.165) is 6.54 Å². The van der Waals surface area contributed by atoms with E-state index >= 15 is 0 Å². The summed E-state index contributed by atoms with van der Waals surface area (Å²) in [7, 11) is 0. The summed E-state index contributed by atoms with van der Waals surface area (Å²) in [5, 5.41) is 14.9. The van der Waals surface area contributed by atoms with Crippen LogP contribution in [0, 0.1) is 0 Å². The van der Waals surface area contributed by atoms with Crippen molar-refractivity contribution in [2.24, 2.45) is 0 Å². The lowest BCUT2D eigenvalue weighted by atomic mass is 10.3. The van der Waals surface area contributed by atoms with Crippen molar-refractivity contribution in [3.05, 3.63) is 23.2 Å². The molecule has 0 aliphatic heterocycles. The van der Waals surface area contributed by atoms with Gasteiger partial charge in [0.15, 0.2) is 0 Å². The highest BCUT2D eigenvalue weighted by Crippen LogP contribution is 2.25. The highest BCUT2D eigenvalue weighted by Gasteiger charge is 2.03. The maximum atomic E-state index is 11.3. The average Bonchev–Trinajstić information content (AvgIpc) is 2.20. The average molecular weight is 229 g/mol. The molecule has 3 N–H and O–H groups in total. The van der Waals surface area contributed by atoms with E-state index in [1.54, 1.807) is 6.07 Å². The fourth-order valence-corrected chi connectivity index (χ4v) is 1.21. The minimum Gasteiger partial charge on any atom is -0.506 e. The van der Waals surface area contributed by atoms with Crippen LogP contribution >= 0.6 is 11.6 Å². The molecule has 0 unspecified atom stereocenters. The molecular weight excluding hydrogens is 216 g/mol. The highest BCUT2D eigenvalue weighted by atomic mass is 35.5. The van der Waals surface area contributed by atoms with Crippen LogP contribution in [-0.2, 0) is 4.79 Å². The lowest BCUT2D eigenvalue weighted by Gasteiger charge is -2.06. The summed E-state index contributed by atoms with van der Waals surface area (Å²) in [5.41, 5.74) is 0.570. The van der Waals surface area contributed by atoms with Gasteiger partial charge in [-0.15, -0.1) is 0 Å². The number of amides is 1. The van der Waals surface area contributed by atoms with Gasteiger partial charge in [0.2, 0.25) is 5.91 Å². The van der Waals surface area contributed by atoms with Crippen molar-refractivity contribution in [1.82, 2.24) is 5.32 Å². The third-order valence-corrected chi connectivity index (χ3v) is 2.07. The molecule has 0 bridgehead atoms. The summed E-state index contributed by atoms with van der Waals surface area (Å²) in [5.74, 6) is -0.139. The van der Waals surface area contributed by atoms with Crippen LogP contribution in [0.4, 0.5) is 5.69 Å². The quantitative estimate of drug-likeness (QED) is 0.686. The zero-order valence-corrected chi connectivity index (χ0v) is 9.14. The minimum atomic E-state index is -0.140. The van der Waals surface area contributed by atoms with E-state index in [2.05, 4.69) is 10.6 Å². The predicted molar refractivity (Wildman–Crippen MR) is 60.3 cm³/mol. The van der Waals surface area contributed by atoms with Gasteiger partial charge in [-0.1, -0.05) is 18.5 Å². The molecule has 0 radical (unpaired) electrons. The number of aromatic hydroxyl groups is 1. The van der Waals surface area contributed by atoms with E-state index < -0.39 is 0 Å². The monoisotopic (exact) mass is 228 g/mol. The standard InChI is InChI=1S/C10H13ClN2O2/c1-2-12-6-10(15)13-7-3-4-9(14)8(11)5-7/h3-5,12,14H,2,6H2,1H3,(H,13,15). The number of phenolic OH excluding ortho intramolecular Hbond substituents is 1. The van der Waals surface area contributed by atoms with Crippen LogP contribution in [0.1, 0.15) is 6.92 Å². The van der Waals surface area contributed by atoms with Crippen LogP contribution < -0.4 is 10.6 Å². The van der Waals surface area contributed by atoms with E-state index in [-0.39, 0.29) is 23.2 Å². The molecule has 1 amide bonds. The van der Waals surface area contributed by atoms with Crippen LogP contribution in [0.2, 0.25) is 5.02 Å². The molecule has 0 saturated carbocycles. The van der Waals surface area contributed by atoms with Crippen LogP contribution in [0.3, 0.4) is 0 Å². The number of rotatable bonds is 4. The van der Waals surface area contributed by atoms with Gasteiger partial charge in [0.05, 0.1) is 11.6 Å². The molecule has 0 spiro atoms. The summed E-state index contributed by atoms with van der Waals surface area (Å²) in [6.45, 7) is 2.92. The van der Waals surface area contributed by atoms with Crippen LogP contribution in [0.25, 0.3) is 0 Å². The second-order valence-corrected chi connectivity index (χ2v) is 3.40. The third-order valence-electron chi connectivity index (χ3n) is 1.77. The molecule has 0 saturated heterocycles. The number of halogens is 1. The van der Waals surface area contributed by atoms with Gasteiger partial charge in [0.1, 0.15) is 5.75 Å². The second-order valence-electron chi connectivity index (χ2n) is 2.99. The van der Waals surface area contributed by atoms with Gasteiger partial charge in [-0.2, -0.15) is 0 Å². The molecule has 82 valence electrons. The Kier molecular flexibility index (Phi) is 4.39. The number of carbonyl (C=O) groups is 1. The molecule has 0 atom stereocenters. The van der Waals surface area contributed by atoms with E-state index in [9.17, 15) is 4.79 Å². The normalized spacial score (nSPS) is 10.0. The summed E-state index contributed by atoms with van der Waals surface area (Å²) >= 11 is 5.68. The minimum absolute atomic E-state index is 0.00125. The molecule has 4 nitrogen and oxygen atoms in total. The van der Waals surface area contributed by atoms with Crippen molar-refractivity contribution in [2.75, 3.05) is 18.4 Å². The van der Waals surface area contributed by atoms with E-state index in [4.69, 9.17) is 16.7 Å². The van der Waals surface area contributed by atoms with Crippen LogP contribution in [-0.4, -0.2) is 24.1 Å². The zero-order chi connectivity index (χ0) is 11.3. The Balaban J connectivity index is 2.57. The number of hydrogen-bond acceptors (Lipinski definition) is 3. The highest BCUT2D eigenvalue weighted by molar-refractivity contribution is 6.32. The van der Waals surface area contributed by atoms with Gasteiger partial charge in [-0.05, 0) is 24.7 Å². The zero-order valence-electron chi connectivity index (χ0n) is 8.38. The fraction of sp³-hybridized carbons (Fsp3) is 0.300. The molecule has 5 heteroatoms. The Bertz CT molecular complexity index is 355. The molecule has 0 aliphatic carbocycles. The van der Waals surface area contributed by atoms with Crippen molar-refractivity contribution in [2.45, 2.75) is 6.92 Å². The summed E-state index contributed by atoms with van der Waals surface area (Å²) in [6.07, 6.45) is 0. The number of hydrogen-bond donors (Lipinski definition) is 3. The molecule has 0 heterocycles. The first kappa shape index (κ1) is 11.8. The molecular formula is C10H13ClN2O2. The van der Waals surface area contributed by atoms with Crippen molar-refractivity contribution in [3.63, 3.8) is 0 Å². The number of nitrogens with one attached hydrogen (secondary N) is 2. The maximum Gasteiger partial charge on any atom is 0.238 e. The smallest absolute Gasteiger partial charge is 0.238 e. The maximum absolute atomic E-state index is 11.3. The van der Waals surface area contributed by atoms with E-state index in [1.165, 1.54) is 12.1 Å². The topological polar surface area (TPSA) is 61.4 Å². The lowest BCUT2D eigenvalue weighted by molar-refractivity contribution is -0.115. The second kappa shape index (κ2) is 5.58. The van der Waals surface area contributed by atoms with Crippen molar-refractivity contribution in [1.29, 1.82) is 0 Å². The summed E-state index contributed by atoms with van der Waals surface area (Å²) in [6, 6.07) is 4.52. The Hall–Kier alpha value is -1.26. The van der Waals surface area contributed by atoms with Gasteiger partial charge < -0.3 is 15.7 Å². The fourth-order valence-electron chi connectivity index (χ4n) is 1.03. The lowest BCUT2D eigenvalue weighted by Crippen LogP contribution is -2.27. The molecule has 0 fully saturated rings. The van der Waals surface area contributed by atoms with Crippen molar-refractivity contribution < 1.29 is 9.90 Å². The van der Waals surface area contributed by atoms with Gasteiger partial charge in [0.25, 0.3) is 0 Å². The van der Waals surface area contributed by atoms with E-state index in [0.29, 0.717) is 5.69 Å². The molecule has 1 aromatic rings. The largest absolute Gasteiger partial charge is 0.506 e. The third kappa shape index (κ3) is 3.77. The number of carbonyl (C=O) groups excluding carboxylic acids is 1. The Morgan fingerprint density at radius 1 is 1.53 bits per heavy atom. The van der Waals surface area contributed by atoms with Crippen molar-refractivity contribution in [3.8, 4) is 5.75 Å². The number of benzene rings is 1.